The molecule has 0 aliphatic carbocycles. The normalized spacial score (nSPS) is 17.0. The van der Waals surface area contributed by atoms with E-state index >= 15 is 0 Å². The largest absolute Gasteiger partial charge is 0.370 e. The van der Waals surface area contributed by atoms with E-state index in [4.69, 9.17) is 0 Å². The second-order valence-corrected chi connectivity index (χ2v) is 4.89. The maximum atomic E-state index is 4.62. The fourth-order valence-corrected chi connectivity index (χ4v) is 2.28. The molecule has 5 heteroatoms. The molecule has 100 valence electrons. The lowest BCUT2D eigenvalue weighted by molar-refractivity contribution is 0.312. The van der Waals surface area contributed by atoms with Crippen molar-refractivity contribution in [1.29, 1.82) is 0 Å². The maximum Gasteiger partial charge on any atom is 0.137 e. The Morgan fingerprint density at radius 2 is 1.78 bits per heavy atom. The summed E-state index contributed by atoms with van der Waals surface area (Å²) >= 11 is 0. The molecule has 5 nitrogen and oxygen atoms in total. The van der Waals surface area contributed by atoms with Crippen LogP contribution in [0.5, 0.6) is 0 Å². The Morgan fingerprint density at radius 3 is 2.39 bits per heavy atom. The van der Waals surface area contributed by atoms with Crippen molar-refractivity contribution in [3.05, 3.63) is 11.4 Å². The first-order chi connectivity index (χ1) is 8.61. The van der Waals surface area contributed by atoms with Crippen molar-refractivity contribution in [2.24, 2.45) is 0 Å². The molecule has 0 aromatic carbocycles. The number of nitrogens with zero attached hydrogens (tertiary/aromatic N) is 4. The van der Waals surface area contributed by atoms with Crippen molar-refractivity contribution in [3.63, 3.8) is 0 Å². The number of rotatable bonds is 3. The van der Waals surface area contributed by atoms with Crippen molar-refractivity contribution >= 4 is 11.6 Å². The molecule has 1 aromatic rings. The third kappa shape index (κ3) is 2.72. The van der Waals surface area contributed by atoms with Crippen LogP contribution >= 0.6 is 0 Å². The minimum absolute atomic E-state index is 0.838. The molecule has 1 aliphatic rings. The molecule has 2 heterocycles. The number of anilines is 2. The molecule has 1 saturated heterocycles. The molecule has 2 rings (SSSR count). The summed E-state index contributed by atoms with van der Waals surface area (Å²) in [6, 6.07) is 0. The van der Waals surface area contributed by atoms with Gasteiger partial charge < -0.3 is 15.1 Å². The third-order valence-electron chi connectivity index (χ3n) is 3.38. The van der Waals surface area contributed by atoms with Gasteiger partial charge in [-0.05, 0) is 27.8 Å². The third-order valence-corrected chi connectivity index (χ3v) is 3.38. The first-order valence-corrected chi connectivity index (χ1v) is 6.64. The quantitative estimate of drug-likeness (QED) is 0.874. The van der Waals surface area contributed by atoms with Crippen molar-refractivity contribution in [2.45, 2.75) is 20.8 Å². The van der Waals surface area contributed by atoms with Crippen LogP contribution in [0.15, 0.2) is 0 Å². The molecule has 18 heavy (non-hydrogen) atoms. The molecule has 0 bridgehead atoms. The predicted molar refractivity (Wildman–Crippen MR) is 75.4 cm³/mol. The summed E-state index contributed by atoms with van der Waals surface area (Å²) in [4.78, 5) is 13.8. The Kier molecular flexibility index (Phi) is 4.01. The van der Waals surface area contributed by atoms with Gasteiger partial charge in [0.2, 0.25) is 0 Å². The number of aryl methyl sites for hydroxylation is 1. The highest BCUT2D eigenvalue weighted by molar-refractivity contribution is 5.58. The smallest absolute Gasteiger partial charge is 0.137 e. The monoisotopic (exact) mass is 249 g/mol. The predicted octanol–water partition coefficient (Wildman–Crippen LogP) is 1.28. The van der Waals surface area contributed by atoms with E-state index in [0.717, 1.165) is 55.7 Å². The first kappa shape index (κ1) is 13.1. The van der Waals surface area contributed by atoms with Gasteiger partial charge in [-0.1, -0.05) is 0 Å². The summed E-state index contributed by atoms with van der Waals surface area (Å²) in [6.07, 6.45) is 0. The fraction of sp³-hybridized carbons (Fsp3) is 0.692. The minimum atomic E-state index is 0.838. The van der Waals surface area contributed by atoms with E-state index in [1.165, 1.54) is 0 Å². The summed E-state index contributed by atoms with van der Waals surface area (Å²) in [5, 5.41) is 3.32. The van der Waals surface area contributed by atoms with Gasteiger partial charge in [0.05, 0.1) is 0 Å². The van der Waals surface area contributed by atoms with Crippen LogP contribution in [0, 0.1) is 13.8 Å². The van der Waals surface area contributed by atoms with Crippen LogP contribution in [0.4, 0.5) is 11.6 Å². The Morgan fingerprint density at radius 1 is 1.11 bits per heavy atom. The van der Waals surface area contributed by atoms with Gasteiger partial charge in [0.1, 0.15) is 17.5 Å². The SMILES string of the molecule is CCNc1nc(C)nc(N2CCN(C)CC2)c1C. The zero-order chi connectivity index (χ0) is 13.1. The molecule has 0 amide bonds. The van der Waals surface area contributed by atoms with E-state index in [1.807, 2.05) is 6.92 Å². The number of nitrogens with one attached hydrogen (secondary N) is 1. The van der Waals surface area contributed by atoms with Gasteiger partial charge in [0.15, 0.2) is 0 Å². The van der Waals surface area contributed by atoms with Gasteiger partial charge in [-0.25, -0.2) is 9.97 Å². The van der Waals surface area contributed by atoms with Gasteiger partial charge in [0, 0.05) is 38.3 Å². The van der Waals surface area contributed by atoms with Crippen LogP contribution in [-0.4, -0.2) is 54.6 Å². The standard InChI is InChI=1S/C13H23N5/c1-5-14-12-10(2)13(16-11(3)15-12)18-8-6-17(4)7-9-18/h5-9H2,1-4H3,(H,14,15,16). The number of piperazine rings is 1. The number of hydrogen-bond acceptors (Lipinski definition) is 5. The summed E-state index contributed by atoms with van der Waals surface area (Å²) in [6.45, 7) is 11.3. The zero-order valence-corrected chi connectivity index (χ0v) is 11.8. The number of likely N-dealkylation sites (N-methyl/N-ethyl adjacent to an activating group) is 1. The van der Waals surface area contributed by atoms with Crippen LogP contribution in [0.3, 0.4) is 0 Å². The molecular weight excluding hydrogens is 226 g/mol. The zero-order valence-electron chi connectivity index (χ0n) is 11.8. The van der Waals surface area contributed by atoms with Crippen LogP contribution in [-0.2, 0) is 0 Å². The Bertz CT molecular complexity index is 410. The van der Waals surface area contributed by atoms with Crippen molar-refractivity contribution < 1.29 is 0 Å². The molecule has 1 aliphatic heterocycles. The van der Waals surface area contributed by atoms with Crippen molar-refractivity contribution in [2.75, 3.05) is 50.0 Å². The maximum absolute atomic E-state index is 4.62. The Hall–Kier alpha value is -1.36. The highest BCUT2D eigenvalue weighted by Gasteiger charge is 2.19. The van der Waals surface area contributed by atoms with Crippen LogP contribution in [0.2, 0.25) is 0 Å². The molecule has 0 unspecified atom stereocenters. The molecule has 1 N–H and O–H groups in total. The highest BCUT2D eigenvalue weighted by atomic mass is 15.3. The topological polar surface area (TPSA) is 44.3 Å². The highest BCUT2D eigenvalue weighted by Crippen LogP contribution is 2.24. The van der Waals surface area contributed by atoms with Gasteiger partial charge >= 0.3 is 0 Å². The molecule has 0 radical (unpaired) electrons. The molecule has 1 fully saturated rings. The lowest BCUT2D eigenvalue weighted by Crippen LogP contribution is -2.45. The number of hydrogen-bond donors (Lipinski definition) is 1. The van der Waals surface area contributed by atoms with E-state index in [9.17, 15) is 0 Å². The molecule has 0 saturated carbocycles. The second kappa shape index (κ2) is 5.52. The van der Waals surface area contributed by atoms with Crippen molar-refractivity contribution in [1.82, 2.24) is 14.9 Å². The summed E-state index contributed by atoms with van der Waals surface area (Å²) < 4.78 is 0. The van der Waals surface area contributed by atoms with Gasteiger partial charge in [-0.3, -0.25) is 0 Å². The molecule has 0 atom stereocenters. The van der Waals surface area contributed by atoms with Crippen molar-refractivity contribution in [3.8, 4) is 0 Å². The number of aromatic nitrogens is 2. The van der Waals surface area contributed by atoms with Crippen LogP contribution in [0.25, 0.3) is 0 Å². The van der Waals surface area contributed by atoms with E-state index in [0.29, 0.717) is 0 Å². The summed E-state index contributed by atoms with van der Waals surface area (Å²) in [5.41, 5.74) is 1.16. The van der Waals surface area contributed by atoms with E-state index in [2.05, 4.69) is 46.0 Å². The second-order valence-electron chi connectivity index (χ2n) is 4.89. The molecule has 0 spiro atoms. The van der Waals surface area contributed by atoms with E-state index < -0.39 is 0 Å². The van der Waals surface area contributed by atoms with Gasteiger partial charge in [-0.15, -0.1) is 0 Å². The Balaban J connectivity index is 2.26. The van der Waals surface area contributed by atoms with E-state index in [-0.39, 0.29) is 0 Å². The summed E-state index contributed by atoms with van der Waals surface area (Å²) in [7, 11) is 2.17. The fourth-order valence-electron chi connectivity index (χ4n) is 2.28. The molecular formula is C13H23N5. The van der Waals surface area contributed by atoms with Crippen LogP contribution < -0.4 is 10.2 Å². The molecule has 1 aromatic heterocycles. The average molecular weight is 249 g/mol. The van der Waals surface area contributed by atoms with E-state index in [1.54, 1.807) is 0 Å². The Labute approximate surface area is 109 Å². The first-order valence-electron chi connectivity index (χ1n) is 6.64. The average Bonchev–Trinajstić information content (AvgIpc) is 2.35. The minimum Gasteiger partial charge on any atom is -0.370 e. The lowest BCUT2D eigenvalue weighted by Gasteiger charge is -2.34. The van der Waals surface area contributed by atoms with Gasteiger partial charge in [-0.2, -0.15) is 0 Å². The van der Waals surface area contributed by atoms with Crippen LogP contribution in [0.1, 0.15) is 18.3 Å². The summed E-state index contributed by atoms with van der Waals surface area (Å²) in [5.74, 6) is 2.90. The lowest BCUT2D eigenvalue weighted by atomic mass is 10.2. The van der Waals surface area contributed by atoms with Gasteiger partial charge in [0.25, 0.3) is 0 Å².